The van der Waals surface area contributed by atoms with Gasteiger partial charge in [-0.25, -0.2) is 0 Å². The van der Waals surface area contributed by atoms with E-state index in [1.807, 2.05) is 0 Å². The lowest BCUT2D eigenvalue weighted by Crippen LogP contribution is -2.60. The van der Waals surface area contributed by atoms with Crippen LogP contribution in [0.2, 0.25) is 0 Å². The van der Waals surface area contributed by atoms with Crippen LogP contribution in [-0.2, 0) is 16.2 Å². The van der Waals surface area contributed by atoms with Crippen LogP contribution < -0.4 is 45.5 Å². The number of aryl methyl sites for hydroxylation is 2. The van der Waals surface area contributed by atoms with Crippen molar-refractivity contribution in [3.05, 3.63) is 99.6 Å². The van der Waals surface area contributed by atoms with E-state index in [9.17, 15) is 0 Å². The fraction of sp³-hybridized carbons (Fsp3) is 0.346. The predicted octanol–water partition coefficient (Wildman–Crippen LogP) is 11.8. The molecule has 7 aromatic rings. The van der Waals surface area contributed by atoms with Gasteiger partial charge in [-0.15, -0.1) is 0 Å². The third-order valence-corrected chi connectivity index (χ3v) is 13.4. The number of hydrogen-bond acceptors (Lipinski definition) is 8. The van der Waals surface area contributed by atoms with Crippen LogP contribution in [0.5, 0.6) is 23.0 Å². The number of ether oxygens (including phenoxy) is 4. The van der Waals surface area contributed by atoms with Crippen LogP contribution in [0.3, 0.4) is 0 Å². The zero-order valence-electron chi connectivity index (χ0n) is 37.6. The fourth-order valence-corrected chi connectivity index (χ4v) is 10.2. The second kappa shape index (κ2) is 12.3. The number of nitrogens with zero attached hydrogens (tertiary/aromatic N) is 2. The van der Waals surface area contributed by atoms with Crippen LogP contribution in [0.25, 0.3) is 21.9 Å². The Morgan fingerprint density at radius 3 is 1.28 bits per heavy atom. The highest BCUT2D eigenvalue weighted by Crippen LogP contribution is 2.55. The number of furan rings is 2. The summed E-state index contributed by atoms with van der Waals surface area (Å²) in [6, 6.07) is 22.5. The molecule has 61 heavy (non-hydrogen) atoms. The summed E-state index contributed by atoms with van der Waals surface area (Å²) in [7, 11) is 0. The van der Waals surface area contributed by atoms with Crippen molar-refractivity contribution in [3.8, 4) is 23.0 Å². The highest BCUT2D eigenvalue weighted by Gasteiger charge is 2.51. The van der Waals surface area contributed by atoms with Crippen LogP contribution in [0.15, 0.2) is 69.5 Å². The Morgan fingerprint density at radius 1 is 0.475 bits per heavy atom. The molecule has 5 aromatic carbocycles. The first-order valence-corrected chi connectivity index (χ1v) is 21.5. The van der Waals surface area contributed by atoms with E-state index in [0.29, 0.717) is 0 Å². The first-order valence-electron chi connectivity index (χ1n) is 21.5. The Balaban J connectivity index is 1.33. The van der Waals surface area contributed by atoms with Gasteiger partial charge in [-0.1, -0.05) is 74.4 Å². The molecule has 2 aromatic heterocycles. The molecule has 0 atom stereocenters. The molecule has 6 heterocycles. The maximum Gasteiger partial charge on any atom is 0.342 e. The first-order chi connectivity index (χ1) is 28.8. The van der Waals surface area contributed by atoms with E-state index in [0.717, 1.165) is 118 Å². The maximum absolute atomic E-state index is 7.30. The van der Waals surface area contributed by atoms with Crippen molar-refractivity contribution < 1.29 is 27.8 Å². The minimum atomic E-state index is -0.364. The van der Waals surface area contributed by atoms with Crippen molar-refractivity contribution in [2.24, 2.45) is 0 Å². The van der Waals surface area contributed by atoms with E-state index in [1.54, 1.807) is 0 Å². The van der Waals surface area contributed by atoms with Gasteiger partial charge in [0.15, 0.2) is 23.0 Å². The summed E-state index contributed by atoms with van der Waals surface area (Å²) >= 11 is 0. The number of rotatable bonds is 2. The highest BCUT2D eigenvalue weighted by atomic mass is 16.7. The molecule has 4 aliphatic rings. The molecule has 0 bridgehead atoms. The van der Waals surface area contributed by atoms with Crippen molar-refractivity contribution in [2.75, 3.05) is 23.4 Å². The summed E-state index contributed by atoms with van der Waals surface area (Å²) < 4.78 is 39.0. The third kappa shape index (κ3) is 5.31. The van der Waals surface area contributed by atoms with Gasteiger partial charge in [0, 0.05) is 33.3 Å². The van der Waals surface area contributed by atoms with E-state index >= 15 is 0 Å². The summed E-state index contributed by atoms with van der Waals surface area (Å²) in [4.78, 5) is 4.93. The molecule has 0 N–H and O–H groups in total. The lowest BCUT2D eigenvalue weighted by Gasteiger charge is -2.43. The van der Waals surface area contributed by atoms with Crippen LogP contribution in [0.4, 0.5) is 34.1 Å². The summed E-state index contributed by atoms with van der Waals surface area (Å²) in [5, 5.41) is 2.12. The molecular formula is C52H53BN2O6. The van der Waals surface area contributed by atoms with Crippen molar-refractivity contribution in [3.63, 3.8) is 0 Å². The summed E-state index contributed by atoms with van der Waals surface area (Å²) in [6.07, 6.45) is 0. The average molecular weight is 813 g/mol. The van der Waals surface area contributed by atoms with Gasteiger partial charge in [0.25, 0.3) is 0 Å². The third-order valence-electron chi connectivity index (χ3n) is 13.4. The van der Waals surface area contributed by atoms with Gasteiger partial charge >= 0.3 is 6.71 Å². The van der Waals surface area contributed by atoms with Gasteiger partial charge in [0.1, 0.15) is 22.5 Å². The molecule has 0 unspecified atom stereocenters. The maximum atomic E-state index is 7.30. The molecule has 0 amide bonds. The fourth-order valence-electron chi connectivity index (χ4n) is 10.2. The van der Waals surface area contributed by atoms with Gasteiger partial charge < -0.3 is 37.6 Å². The largest absolute Gasteiger partial charge is 0.468 e. The second-order valence-corrected chi connectivity index (χ2v) is 20.6. The van der Waals surface area contributed by atoms with Gasteiger partial charge in [-0.05, 0) is 126 Å². The number of hydrogen-bond donors (Lipinski definition) is 0. The zero-order chi connectivity index (χ0) is 42.8. The smallest absolute Gasteiger partial charge is 0.342 e. The number of benzene rings is 5. The molecule has 0 saturated heterocycles. The second-order valence-electron chi connectivity index (χ2n) is 20.6. The van der Waals surface area contributed by atoms with E-state index in [-0.39, 0.29) is 36.5 Å². The summed E-state index contributed by atoms with van der Waals surface area (Å²) in [6.45, 7) is 29.2. The number of fused-ring (bicyclic) bond motifs is 10. The lowest BCUT2D eigenvalue weighted by molar-refractivity contribution is 0.173. The molecule has 0 spiro atoms. The van der Waals surface area contributed by atoms with Crippen molar-refractivity contribution in [1.29, 1.82) is 0 Å². The molecule has 0 aliphatic carbocycles. The normalized spacial score (nSPS) is 15.3. The molecule has 0 radical (unpaired) electrons. The quantitative estimate of drug-likeness (QED) is 0.160. The molecule has 8 nitrogen and oxygen atoms in total. The van der Waals surface area contributed by atoms with Crippen molar-refractivity contribution in [1.82, 2.24) is 0 Å². The standard InChI is InChI=1S/C52H53BN2O6/c1-26-18-39-46(58-24-56-39)28(3)42(26)54-35-22-32(52(11,12)13)23-36-41(35)53(48-44(54)33-20-30(50(5,6)7)14-16-37(33)60-48)49-45(34-21-31(51(8,9)10)15-17-38(34)61-49)55(36)43-27(2)19-40-47(29(43)4)59-25-57-40/h14-23H,24-25H2,1-13H3. The van der Waals surface area contributed by atoms with E-state index in [2.05, 4.69) is 160 Å². The van der Waals surface area contributed by atoms with Crippen LogP contribution >= 0.6 is 0 Å². The molecule has 9 heteroatoms. The SMILES string of the molecule is Cc1cc2c(c(C)c1N1c3cc(C(C)(C)C)cc4c3B(c3oc5ccc(C(C)(C)C)cc5c31)c1oc3ccc(C(C)(C)C)cc3c1N4c1c(C)cc3c(c1C)OCO3)OCO2. The van der Waals surface area contributed by atoms with Crippen LogP contribution in [-0.4, -0.2) is 20.3 Å². The Hall–Kier alpha value is -5.96. The minimum Gasteiger partial charge on any atom is -0.468 e. The Kier molecular flexibility index (Phi) is 7.68. The van der Waals surface area contributed by atoms with Crippen molar-refractivity contribution in [2.45, 2.75) is 106 Å². The predicted molar refractivity (Wildman–Crippen MR) is 247 cm³/mol. The highest BCUT2D eigenvalue weighted by molar-refractivity contribution is 6.99. The summed E-state index contributed by atoms with van der Waals surface area (Å²) in [5.41, 5.74) is 18.3. The average Bonchev–Trinajstić information content (AvgIpc) is 3.99. The minimum absolute atomic E-state index is 0.0881. The van der Waals surface area contributed by atoms with Crippen LogP contribution in [0.1, 0.15) is 101 Å². The van der Waals surface area contributed by atoms with E-state index in [1.165, 1.54) is 16.7 Å². The Morgan fingerprint density at radius 2 is 0.885 bits per heavy atom. The van der Waals surface area contributed by atoms with Gasteiger partial charge in [0.05, 0.1) is 22.7 Å². The topological polar surface area (TPSA) is 69.7 Å². The van der Waals surface area contributed by atoms with Gasteiger partial charge in [-0.3, -0.25) is 0 Å². The van der Waals surface area contributed by atoms with E-state index in [4.69, 9.17) is 27.8 Å². The molecular weight excluding hydrogens is 759 g/mol. The van der Waals surface area contributed by atoms with Gasteiger partial charge in [0.2, 0.25) is 13.6 Å². The zero-order valence-corrected chi connectivity index (χ0v) is 37.6. The Labute approximate surface area is 358 Å². The first kappa shape index (κ1) is 38.0. The summed E-state index contributed by atoms with van der Waals surface area (Å²) in [5.74, 6) is 3.09. The molecule has 11 rings (SSSR count). The Bertz CT molecular complexity index is 2870. The molecule has 0 saturated carbocycles. The van der Waals surface area contributed by atoms with Crippen molar-refractivity contribution >= 4 is 79.6 Å². The molecule has 0 fully saturated rings. The van der Waals surface area contributed by atoms with Gasteiger partial charge in [-0.2, -0.15) is 0 Å². The number of anilines is 6. The molecule has 4 aliphatic heterocycles. The van der Waals surface area contributed by atoms with E-state index < -0.39 is 0 Å². The lowest BCUT2D eigenvalue weighted by atomic mass is 9.37. The monoisotopic (exact) mass is 812 g/mol. The van der Waals surface area contributed by atoms with Crippen LogP contribution in [0, 0.1) is 27.7 Å². The molecule has 310 valence electrons.